The van der Waals surface area contributed by atoms with Crippen LogP contribution in [0.4, 0.5) is 14.9 Å². The highest BCUT2D eigenvalue weighted by molar-refractivity contribution is 6.05. The summed E-state index contributed by atoms with van der Waals surface area (Å²) in [6, 6.07) is 4.27. The number of benzene rings is 1. The molecule has 1 aromatic carbocycles. The van der Waals surface area contributed by atoms with Gasteiger partial charge in [0.1, 0.15) is 18.0 Å². The number of anilines is 1. The zero-order valence-corrected chi connectivity index (χ0v) is 12.2. The standard InChI is InChI=1S/C15H14FN5O2/c1-15(10-4-8(17)2-3-11(10)16)5-12-9(6-18-7-19-12)13(21-15)20-14(22)23/h2-4,6-7H,5,17H2,1H3,(H,20,21)(H,22,23). The molecule has 0 saturated heterocycles. The first kappa shape index (κ1) is 14.9. The predicted molar refractivity (Wildman–Crippen MR) is 81.6 cm³/mol. The second-order valence-electron chi connectivity index (χ2n) is 5.50. The van der Waals surface area contributed by atoms with E-state index >= 15 is 0 Å². The summed E-state index contributed by atoms with van der Waals surface area (Å²) >= 11 is 0. The van der Waals surface area contributed by atoms with Gasteiger partial charge in [0.05, 0.1) is 16.8 Å². The van der Waals surface area contributed by atoms with E-state index in [0.29, 0.717) is 28.9 Å². The van der Waals surface area contributed by atoms with Crippen LogP contribution in [0.2, 0.25) is 0 Å². The molecule has 1 unspecified atom stereocenters. The number of nitrogen functional groups attached to an aromatic ring is 1. The zero-order valence-electron chi connectivity index (χ0n) is 12.2. The van der Waals surface area contributed by atoms with Crippen molar-refractivity contribution in [3.63, 3.8) is 0 Å². The number of hydrogen-bond acceptors (Lipinski definition) is 4. The number of rotatable bonds is 1. The average Bonchev–Trinajstić information content (AvgIpc) is 2.49. The van der Waals surface area contributed by atoms with E-state index < -0.39 is 17.4 Å². The summed E-state index contributed by atoms with van der Waals surface area (Å²) in [7, 11) is 0. The number of carboxylic acid groups (broad SMARTS) is 1. The van der Waals surface area contributed by atoms with E-state index in [-0.39, 0.29) is 5.84 Å². The maximum Gasteiger partial charge on any atom is 0.433 e. The highest BCUT2D eigenvalue weighted by Crippen LogP contribution is 2.33. The lowest BCUT2D eigenvalue weighted by Crippen LogP contribution is -2.50. The smallest absolute Gasteiger partial charge is 0.433 e. The summed E-state index contributed by atoms with van der Waals surface area (Å²) in [4.78, 5) is 22.6. The Kier molecular flexibility index (Phi) is 3.44. The number of aromatic nitrogens is 2. The van der Waals surface area contributed by atoms with Gasteiger partial charge in [-0.15, -0.1) is 0 Å². The second kappa shape index (κ2) is 5.31. The summed E-state index contributed by atoms with van der Waals surface area (Å²) in [6.07, 6.45) is 1.81. The minimum absolute atomic E-state index is 0.0867. The maximum absolute atomic E-state index is 14.3. The molecule has 0 saturated carbocycles. The number of nitrogens with one attached hydrogen (secondary N) is 1. The molecule has 8 heteroatoms. The molecule has 0 fully saturated rings. The molecule has 118 valence electrons. The molecule has 7 nitrogen and oxygen atoms in total. The van der Waals surface area contributed by atoms with Gasteiger partial charge < -0.3 is 16.2 Å². The van der Waals surface area contributed by atoms with Gasteiger partial charge in [-0.05, 0) is 25.1 Å². The molecule has 3 rings (SSSR count). The molecule has 1 amide bonds. The lowest BCUT2D eigenvalue weighted by atomic mass is 9.82. The van der Waals surface area contributed by atoms with Crippen LogP contribution in [0, 0.1) is 5.82 Å². The Morgan fingerprint density at radius 1 is 1.52 bits per heavy atom. The van der Waals surface area contributed by atoms with E-state index in [9.17, 15) is 9.18 Å². The number of amides is 1. The summed E-state index contributed by atoms with van der Waals surface area (Å²) in [6.45, 7) is 1.74. The molecule has 0 bridgehead atoms. The summed E-state index contributed by atoms with van der Waals surface area (Å²) in [5.74, 6) is -0.356. The van der Waals surface area contributed by atoms with Gasteiger partial charge in [0.25, 0.3) is 0 Å². The van der Waals surface area contributed by atoms with Gasteiger partial charge in [0.15, 0.2) is 0 Å². The summed E-state index contributed by atoms with van der Waals surface area (Å²) in [5, 5.41) is 12.0. The quantitative estimate of drug-likeness (QED) is 0.690. The fourth-order valence-electron chi connectivity index (χ4n) is 2.71. The first-order valence-electron chi connectivity index (χ1n) is 6.83. The average molecular weight is 315 g/mol. The van der Waals surface area contributed by atoms with Crippen molar-refractivity contribution in [1.29, 1.82) is 0 Å². The second-order valence-corrected chi connectivity index (χ2v) is 5.50. The first-order valence-corrected chi connectivity index (χ1v) is 6.83. The lowest BCUT2D eigenvalue weighted by molar-refractivity contribution is 0.205. The van der Waals surface area contributed by atoms with Crippen molar-refractivity contribution in [2.24, 2.45) is 4.99 Å². The zero-order chi connectivity index (χ0) is 16.6. The molecule has 23 heavy (non-hydrogen) atoms. The van der Waals surface area contributed by atoms with E-state index in [2.05, 4.69) is 20.3 Å². The van der Waals surface area contributed by atoms with Crippen molar-refractivity contribution in [1.82, 2.24) is 15.3 Å². The minimum atomic E-state index is -1.36. The van der Waals surface area contributed by atoms with Crippen LogP contribution >= 0.6 is 0 Å². The van der Waals surface area contributed by atoms with Crippen LogP contribution in [0.5, 0.6) is 0 Å². The minimum Gasteiger partial charge on any atom is -0.463 e. The van der Waals surface area contributed by atoms with Gasteiger partial charge in [-0.3, -0.25) is 0 Å². The number of nitrogens with two attached hydrogens (primary N) is 1. The van der Waals surface area contributed by atoms with Gasteiger partial charge in [-0.2, -0.15) is 4.99 Å². The number of amidine groups is 1. The molecule has 1 aromatic heterocycles. The van der Waals surface area contributed by atoms with E-state index in [0.717, 1.165) is 0 Å². The van der Waals surface area contributed by atoms with Gasteiger partial charge in [-0.25, -0.2) is 19.2 Å². The normalized spacial score (nSPS) is 21.6. The molecule has 1 aliphatic rings. The molecule has 1 atom stereocenters. The van der Waals surface area contributed by atoms with Gasteiger partial charge in [-0.1, -0.05) is 0 Å². The highest BCUT2D eigenvalue weighted by Gasteiger charge is 2.37. The molecule has 4 N–H and O–H groups in total. The number of aliphatic imine (C=N–C) groups is 1. The van der Waals surface area contributed by atoms with E-state index in [1.807, 2.05) is 0 Å². The Morgan fingerprint density at radius 2 is 2.30 bits per heavy atom. The van der Waals surface area contributed by atoms with Crippen molar-refractivity contribution in [3.05, 3.63) is 53.4 Å². The van der Waals surface area contributed by atoms with Crippen LogP contribution in [0.25, 0.3) is 0 Å². The van der Waals surface area contributed by atoms with Crippen LogP contribution in [-0.4, -0.2) is 27.0 Å². The van der Waals surface area contributed by atoms with E-state index in [1.54, 1.807) is 6.92 Å². The molecule has 0 radical (unpaired) electrons. The van der Waals surface area contributed by atoms with Crippen LogP contribution in [0.1, 0.15) is 23.7 Å². The van der Waals surface area contributed by atoms with Gasteiger partial charge in [0, 0.05) is 23.9 Å². The number of carbonyl (C=O) groups is 1. The fraction of sp³-hybridized carbons (Fsp3) is 0.200. The Balaban J connectivity index is 2.16. The van der Waals surface area contributed by atoms with Crippen LogP contribution < -0.4 is 11.1 Å². The third kappa shape index (κ3) is 2.70. The van der Waals surface area contributed by atoms with Crippen LogP contribution in [0.3, 0.4) is 0 Å². The van der Waals surface area contributed by atoms with Crippen molar-refractivity contribution >= 4 is 17.6 Å². The van der Waals surface area contributed by atoms with Crippen molar-refractivity contribution in [2.75, 3.05) is 5.73 Å². The number of fused-ring (bicyclic) bond motifs is 1. The third-order valence-corrected chi connectivity index (χ3v) is 3.76. The van der Waals surface area contributed by atoms with Gasteiger partial charge in [0.2, 0.25) is 0 Å². The summed E-state index contributed by atoms with van der Waals surface area (Å²) < 4.78 is 14.3. The molecule has 0 spiro atoms. The fourth-order valence-corrected chi connectivity index (χ4v) is 2.71. The maximum atomic E-state index is 14.3. The van der Waals surface area contributed by atoms with Crippen LogP contribution in [-0.2, 0) is 12.0 Å². The van der Waals surface area contributed by atoms with E-state index in [1.165, 1.54) is 30.7 Å². The SMILES string of the molecule is CC1(c2cc(N)ccc2F)Cc2ncncc2/C(=N/C(=O)O)N1. The molecule has 2 aromatic rings. The Hall–Kier alpha value is -3.03. The molecule has 2 heterocycles. The number of nitrogens with zero attached hydrogens (tertiary/aromatic N) is 3. The Morgan fingerprint density at radius 3 is 3.04 bits per heavy atom. The highest BCUT2D eigenvalue weighted by atomic mass is 19.1. The number of halogens is 1. The van der Waals surface area contributed by atoms with Crippen molar-refractivity contribution < 1.29 is 14.3 Å². The topological polar surface area (TPSA) is 113 Å². The molecular weight excluding hydrogens is 301 g/mol. The summed E-state index contributed by atoms with van der Waals surface area (Å²) in [5.41, 5.74) is 6.62. The van der Waals surface area contributed by atoms with Crippen LogP contribution in [0.15, 0.2) is 35.7 Å². The number of hydrogen-bond donors (Lipinski definition) is 3. The lowest BCUT2D eigenvalue weighted by Gasteiger charge is -2.37. The third-order valence-electron chi connectivity index (χ3n) is 3.76. The van der Waals surface area contributed by atoms with E-state index in [4.69, 9.17) is 10.8 Å². The molecule has 1 aliphatic heterocycles. The van der Waals surface area contributed by atoms with Crippen molar-refractivity contribution in [2.45, 2.75) is 18.9 Å². The van der Waals surface area contributed by atoms with Crippen molar-refractivity contribution in [3.8, 4) is 0 Å². The predicted octanol–water partition coefficient (Wildman–Crippen LogP) is 1.68. The molecule has 0 aliphatic carbocycles. The van der Waals surface area contributed by atoms with Gasteiger partial charge >= 0.3 is 6.09 Å². The molecular formula is C15H14FN5O2. The first-order chi connectivity index (χ1) is 10.9. The Bertz CT molecular complexity index is 823. The largest absolute Gasteiger partial charge is 0.463 e. The monoisotopic (exact) mass is 315 g/mol. The Labute approximate surface area is 131 Å².